The van der Waals surface area contributed by atoms with Crippen molar-refractivity contribution in [3.05, 3.63) is 65.5 Å². The fraction of sp³-hybridized carbons (Fsp3) is 0.261. The van der Waals surface area contributed by atoms with Gasteiger partial charge in [-0.25, -0.2) is 4.79 Å². The lowest BCUT2D eigenvalue weighted by Crippen LogP contribution is -2.59. The van der Waals surface area contributed by atoms with Gasteiger partial charge in [0, 0.05) is 37.6 Å². The fourth-order valence-electron chi connectivity index (χ4n) is 4.42. The van der Waals surface area contributed by atoms with E-state index in [0.29, 0.717) is 18.7 Å². The number of carbonyl (C=O) groups excluding carboxylic acids is 3. The Kier molecular flexibility index (Phi) is 4.54. The van der Waals surface area contributed by atoms with Gasteiger partial charge in [-0.2, -0.15) is 0 Å². The number of H-pyrrole nitrogens is 1. The molecule has 2 N–H and O–H groups in total. The molecule has 2 aromatic heterocycles. The van der Waals surface area contributed by atoms with Crippen LogP contribution in [0.1, 0.15) is 43.9 Å². The van der Waals surface area contributed by atoms with Crippen molar-refractivity contribution in [2.45, 2.75) is 18.4 Å². The van der Waals surface area contributed by atoms with Gasteiger partial charge in [0.2, 0.25) is 0 Å². The van der Waals surface area contributed by atoms with Crippen molar-refractivity contribution in [1.29, 1.82) is 0 Å². The standard InChI is InChI=1S/C23H20N4O5/c28-19(16-12-25-17-15(22(31)32)6-9-24-18(16)17)21(30)27-11-10-26(13-23(27)7-8-23)20(29)14-4-2-1-3-5-14/h1-6,9,12,25H,7-8,10-11,13H2,(H,31,32). The molecule has 0 unspecified atom stereocenters. The predicted molar refractivity (Wildman–Crippen MR) is 113 cm³/mol. The van der Waals surface area contributed by atoms with E-state index in [2.05, 4.69) is 9.97 Å². The van der Waals surface area contributed by atoms with Crippen LogP contribution in [-0.4, -0.2) is 73.6 Å². The Hall–Kier alpha value is -4.01. The number of nitrogens with zero attached hydrogens (tertiary/aromatic N) is 3. The largest absolute Gasteiger partial charge is 0.478 e. The second kappa shape index (κ2) is 7.30. The Morgan fingerprint density at radius 3 is 2.44 bits per heavy atom. The van der Waals surface area contributed by atoms with Gasteiger partial charge in [0.1, 0.15) is 5.52 Å². The van der Waals surface area contributed by atoms with Gasteiger partial charge < -0.3 is 19.9 Å². The molecule has 0 atom stereocenters. The summed E-state index contributed by atoms with van der Waals surface area (Å²) in [5.74, 6) is -2.63. The highest BCUT2D eigenvalue weighted by molar-refractivity contribution is 6.45. The Labute approximate surface area is 182 Å². The maximum Gasteiger partial charge on any atom is 0.337 e. The number of carboxylic acid groups (broad SMARTS) is 1. The molecule has 1 aliphatic heterocycles. The monoisotopic (exact) mass is 432 g/mol. The summed E-state index contributed by atoms with van der Waals surface area (Å²) in [6.45, 7) is 0.984. The highest BCUT2D eigenvalue weighted by Crippen LogP contribution is 2.44. The summed E-state index contributed by atoms with van der Waals surface area (Å²) < 4.78 is 0. The predicted octanol–water partition coefficient (Wildman–Crippen LogP) is 1.96. The molecule has 3 aromatic rings. The second-order valence-corrected chi connectivity index (χ2v) is 8.19. The van der Waals surface area contributed by atoms with E-state index >= 15 is 0 Å². The first-order chi connectivity index (χ1) is 15.4. The van der Waals surface area contributed by atoms with Gasteiger partial charge in [0.15, 0.2) is 0 Å². The Bertz CT molecular complexity index is 1260. The van der Waals surface area contributed by atoms with E-state index in [1.165, 1.54) is 18.5 Å². The van der Waals surface area contributed by atoms with Crippen LogP contribution in [0.4, 0.5) is 0 Å². The molecular formula is C23H20N4O5. The number of fused-ring (bicyclic) bond motifs is 1. The van der Waals surface area contributed by atoms with E-state index in [-0.39, 0.29) is 34.6 Å². The fourth-order valence-corrected chi connectivity index (χ4v) is 4.42. The van der Waals surface area contributed by atoms with Crippen molar-refractivity contribution in [2.24, 2.45) is 0 Å². The minimum atomic E-state index is -1.15. The number of hydrogen-bond acceptors (Lipinski definition) is 5. The van der Waals surface area contributed by atoms with Crippen molar-refractivity contribution in [2.75, 3.05) is 19.6 Å². The van der Waals surface area contributed by atoms with Crippen LogP contribution in [0.15, 0.2) is 48.8 Å². The number of carbonyl (C=O) groups is 4. The van der Waals surface area contributed by atoms with Crippen LogP contribution in [0.3, 0.4) is 0 Å². The lowest BCUT2D eigenvalue weighted by atomic mass is 10.0. The zero-order valence-electron chi connectivity index (χ0n) is 17.1. The van der Waals surface area contributed by atoms with E-state index in [1.54, 1.807) is 21.9 Å². The van der Waals surface area contributed by atoms with E-state index < -0.39 is 23.2 Å². The Morgan fingerprint density at radius 1 is 1.00 bits per heavy atom. The van der Waals surface area contributed by atoms with Crippen LogP contribution in [-0.2, 0) is 4.79 Å². The van der Waals surface area contributed by atoms with Gasteiger partial charge in [0.25, 0.3) is 17.6 Å². The normalized spacial score (nSPS) is 16.9. The molecule has 9 heteroatoms. The summed E-state index contributed by atoms with van der Waals surface area (Å²) in [6, 6.07) is 10.3. The number of hydrogen-bond donors (Lipinski definition) is 2. The highest BCUT2D eigenvalue weighted by atomic mass is 16.4. The molecule has 2 amide bonds. The minimum Gasteiger partial charge on any atom is -0.478 e. The van der Waals surface area contributed by atoms with Crippen LogP contribution in [0.25, 0.3) is 11.0 Å². The van der Waals surface area contributed by atoms with Gasteiger partial charge in [0.05, 0.1) is 22.2 Å². The van der Waals surface area contributed by atoms with Crippen molar-refractivity contribution >= 4 is 34.6 Å². The molecule has 1 saturated heterocycles. The van der Waals surface area contributed by atoms with Crippen LogP contribution >= 0.6 is 0 Å². The van der Waals surface area contributed by atoms with Crippen molar-refractivity contribution in [3.8, 4) is 0 Å². The zero-order chi connectivity index (χ0) is 22.5. The number of nitrogens with one attached hydrogen (secondary N) is 1. The topological polar surface area (TPSA) is 124 Å². The second-order valence-electron chi connectivity index (χ2n) is 8.19. The van der Waals surface area contributed by atoms with Gasteiger partial charge in [-0.15, -0.1) is 0 Å². The molecule has 1 aliphatic carbocycles. The molecule has 32 heavy (non-hydrogen) atoms. The smallest absolute Gasteiger partial charge is 0.337 e. The molecule has 5 rings (SSSR count). The number of aromatic nitrogens is 2. The quantitative estimate of drug-likeness (QED) is 0.480. The minimum absolute atomic E-state index is 0.0202. The first-order valence-corrected chi connectivity index (χ1v) is 10.3. The maximum atomic E-state index is 13.2. The van der Waals surface area contributed by atoms with Crippen LogP contribution < -0.4 is 0 Å². The third kappa shape index (κ3) is 3.13. The van der Waals surface area contributed by atoms with E-state index in [0.717, 1.165) is 12.8 Å². The third-order valence-corrected chi connectivity index (χ3v) is 6.27. The molecule has 1 spiro atoms. The molecule has 1 saturated carbocycles. The van der Waals surface area contributed by atoms with Gasteiger partial charge in [-0.3, -0.25) is 19.4 Å². The number of benzene rings is 1. The SMILES string of the molecule is O=C(C(=O)N1CCN(C(=O)c2ccccc2)CC12CC2)c1c[nH]c2c(C(=O)O)ccnc12. The maximum absolute atomic E-state index is 13.2. The number of pyridine rings is 1. The first-order valence-electron chi connectivity index (χ1n) is 10.3. The van der Waals surface area contributed by atoms with Gasteiger partial charge in [-0.1, -0.05) is 18.2 Å². The number of carboxylic acids is 1. The average molecular weight is 432 g/mol. The number of Topliss-reactive ketones (excluding diaryl/α,β-unsaturated/α-hetero) is 1. The molecule has 162 valence electrons. The number of rotatable bonds is 4. The molecular weight excluding hydrogens is 412 g/mol. The Balaban J connectivity index is 1.37. The van der Waals surface area contributed by atoms with Gasteiger partial charge >= 0.3 is 5.97 Å². The van der Waals surface area contributed by atoms with Gasteiger partial charge in [-0.05, 0) is 31.0 Å². The number of piperazine rings is 1. The summed E-state index contributed by atoms with van der Waals surface area (Å²) in [5, 5.41) is 9.33. The van der Waals surface area contributed by atoms with Crippen molar-refractivity contribution in [3.63, 3.8) is 0 Å². The van der Waals surface area contributed by atoms with Crippen molar-refractivity contribution in [1.82, 2.24) is 19.8 Å². The lowest BCUT2D eigenvalue weighted by Gasteiger charge is -2.41. The molecule has 3 heterocycles. The Morgan fingerprint density at radius 2 is 1.75 bits per heavy atom. The number of aromatic carboxylic acids is 1. The number of amides is 2. The summed E-state index contributed by atoms with van der Waals surface area (Å²) in [5.41, 5.74) is 0.459. The third-order valence-electron chi connectivity index (χ3n) is 6.27. The van der Waals surface area contributed by atoms with Crippen molar-refractivity contribution < 1.29 is 24.3 Å². The molecule has 9 nitrogen and oxygen atoms in total. The number of ketones is 1. The van der Waals surface area contributed by atoms with E-state index in [9.17, 15) is 24.3 Å². The van der Waals surface area contributed by atoms with Crippen LogP contribution in [0.2, 0.25) is 0 Å². The summed E-state index contributed by atoms with van der Waals surface area (Å²) in [6.07, 6.45) is 4.08. The lowest BCUT2D eigenvalue weighted by molar-refractivity contribution is -0.131. The summed E-state index contributed by atoms with van der Waals surface area (Å²) >= 11 is 0. The van der Waals surface area contributed by atoms with E-state index in [4.69, 9.17) is 0 Å². The zero-order valence-corrected chi connectivity index (χ0v) is 17.1. The number of aromatic amines is 1. The highest BCUT2D eigenvalue weighted by Gasteiger charge is 2.55. The molecule has 1 aromatic carbocycles. The molecule has 2 aliphatic rings. The summed E-state index contributed by atoms with van der Waals surface area (Å²) in [4.78, 5) is 60.7. The first kappa shape index (κ1) is 19.9. The average Bonchev–Trinajstić information content (AvgIpc) is 3.43. The molecule has 0 bridgehead atoms. The van der Waals surface area contributed by atoms with E-state index in [1.807, 2.05) is 18.2 Å². The molecule has 2 fully saturated rings. The summed E-state index contributed by atoms with van der Waals surface area (Å²) in [7, 11) is 0. The molecule has 0 radical (unpaired) electrons. The van der Waals surface area contributed by atoms with Crippen LogP contribution in [0.5, 0.6) is 0 Å². The van der Waals surface area contributed by atoms with Crippen LogP contribution in [0, 0.1) is 0 Å².